The zero-order valence-electron chi connectivity index (χ0n) is 10.2. The van der Waals surface area contributed by atoms with Crippen molar-refractivity contribution in [2.24, 2.45) is 5.73 Å². The SMILES string of the molecule is CC1SCCSC1C(N)Cc1cccc(Cl)c1Cl. The third-order valence-corrected chi connectivity index (χ3v) is 7.28. The lowest BCUT2D eigenvalue weighted by atomic mass is 10.0. The summed E-state index contributed by atoms with van der Waals surface area (Å²) in [4.78, 5) is 0. The summed E-state index contributed by atoms with van der Waals surface area (Å²) < 4.78 is 0. The highest BCUT2D eigenvalue weighted by molar-refractivity contribution is 8.07. The van der Waals surface area contributed by atoms with Crippen molar-refractivity contribution in [3.8, 4) is 0 Å². The van der Waals surface area contributed by atoms with Gasteiger partial charge in [-0.3, -0.25) is 0 Å². The van der Waals surface area contributed by atoms with E-state index >= 15 is 0 Å². The summed E-state index contributed by atoms with van der Waals surface area (Å²) in [5.41, 5.74) is 7.41. The maximum atomic E-state index is 6.35. The summed E-state index contributed by atoms with van der Waals surface area (Å²) >= 11 is 16.2. The van der Waals surface area contributed by atoms with Gasteiger partial charge < -0.3 is 5.73 Å². The van der Waals surface area contributed by atoms with Gasteiger partial charge in [-0.15, -0.1) is 0 Å². The first-order valence-electron chi connectivity index (χ1n) is 6.01. The third-order valence-electron chi connectivity index (χ3n) is 3.15. The van der Waals surface area contributed by atoms with Crippen LogP contribution in [-0.4, -0.2) is 28.0 Å². The van der Waals surface area contributed by atoms with E-state index < -0.39 is 0 Å². The predicted molar refractivity (Wildman–Crippen MR) is 86.3 cm³/mol. The van der Waals surface area contributed by atoms with E-state index in [4.69, 9.17) is 28.9 Å². The molecule has 100 valence electrons. The van der Waals surface area contributed by atoms with Crippen molar-refractivity contribution in [2.75, 3.05) is 11.5 Å². The van der Waals surface area contributed by atoms with E-state index in [1.165, 1.54) is 11.5 Å². The molecule has 0 aromatic heterocycles. The van der Waals surface area contributed by atoms with E-state index in [0.717, 1.165) is 12.0 Å². The van der Waals surface area contributed by atoms with Gasteiger partial charge in [-0.25, -0.2) is 0 Å². The zero-order valence-corrected chi connectivity index (χ0v) is 13.4. The molecule has 0 saturated carbocycles. The quantitative estimate of drug-likeness (QED) is 0.907. The summed E-state index contributed by atoms with van der Waals surface area (Å²) in [7, 11) is 0. The number of hydrogen-bond donors (Lipinski definition) is 1. The third kappa shape index (κ3) is 3.51. The van der Waals surface area contributed by atoms with E-state index in [1.807, 2.05) is 41.7 Å². The molecular weight excluding hydrogens is 305 g/mol. The highest BCUT2D eigenvalue weighted by atomic mass is 35.5. The van der Waals surface area contributed by atoms with Crippen LogP contribution in [0.4, 0.5) is 0 Å². The van der Waals surface area contributed by atoms with E-state index in [2.05, 4.69) is 6.92 Å². The summed E-state index contributed by atoms with van der Waals surface area (Å²) in [6.07, 6.45) is 0.794. The molecule has 1 saturated heterocycles. The second kappa shape index (κ2) is 6.76. The van der Waals surface area contributed by atoms with E-state index in [1.54, 1.807) is 0 Å². The highest BCUT2D eigenvalue weighted by Crippen LogP contribution is 2.34. The largest absolute Gasteiger partial charge is 0.326 e. The topological polar surface area (TPSA) is 26.0 Å². The van der Waals surface area contributed by atoms with Gasteiger partial charge in [-0.05, 0) is 18.1 Å². The van der Waals surface area contributed by atoms with Crippen LogP contribution in [0.5, 0.6) is 0 Å². The van der Waals surface area contributed by atoms with Crippen LogP contribution in [0.3, 0.4) is 0 Å². The fourth-order valence-electron chi connectivity index (χ4n) is 2.20. The molecule has 0 spiro atoms. The molecule has 5 heteroatoms. The normalized spacial score (nSPS) is 26.0. The molecule has 0 amide bonds. The number of rotatable bonds is 3. The highest BCUT2D eigenvalue weighted by Gasteiger charge is 2.28. The van der Waals surface area contributed by atoms with Crippen molar-refractivity contribution in [3.63, 3.8) is 0 Å². The Bertz CT molecular complexity index is 414. The Hall–Kier alpha value is 0.460. The monoisotopic (exact) mass is 321 g/mol. The second-order valence-corrected chi connectivity index (χ2v) is 8.05. The lowest BCUT2D eigenvalue weighted by Gasteiger charge is -2.32. The molecule has 3 unspecified atom stereocenters. The Balaban J connectivity index is 2.06. The first-order chi connectivity index (χ1) is 8.59. The Labute approximate surface area is 127 Å². The number of thioether (sulfide) groups is 2. The molecule has 0 bridgehead atoms. The van der Waals surface area contributed by atoms with Gasteiger partial charge in [0.2, 0.25) is 0 Å². The molecular formula is C13H17Cl2NS2. The van der Waals surface area contributed by atoms with Gasteiger partial charge >= 0.3 is 0 Å². The average Bonchev–Trinajstić information content (AvgIpc) is 2.35. The molecule has 3 atom stereocenters. The van der Waals surface area contributed by atoms with E-state index in [9.17, 15) is 0 Å². The molecule has 1 aromatic rings. The lowest BCUT2D eigenvalue weighted by Crippen LogP contribution is -2.42. The molecule has 1 aromatic carbocycles. The van der Waals surface area contributed by atoms with Crippen molar-refractivity contribution in [1.29, 1.82) is 0 Å². The lowest BCUT2D eigenvalue weighted by molar-refractivity contribution is 0.622. The summed E-state index contributed by atoms with van der Waals surface area (Å²) in [5, 5.41) is 2.37. The minimum atomic E-state index is 0.133. The molecule has 0 radical (unpaired) electrons. The Morgan fingerprint density at radius 3 is 2.78 bits per heavy atom. The van der Waals surface area contributed by atoms with Gasteiger partial charge in [0.25, 0.3) is 0 Å². The molecule has 2 rings (SSSR count). The minimum absolute atomic E-state index is 0.133. The van der Waals surface area contributed by atoms with E-state index in [-0.39, 0.29) is 6.04 Å². The van der Waals surface area contributed by atoms with Crippen LogP contribution in [0, 0.1) is 0 Å². The van der Waals surface area contributed by atoms with Crippen molar-refractivity contribution in [3.05, 3.63) is 33.8 Å². The smallest absolute Gasteiger partial charge is 0.0624 e. The van der Waals surface area contributed by atoms with Gasteiger partial charge in [-0.1, -0.05) is 42.3 Å². The standard InChI is InChI=1S/C13H17Cl2NS2/c1-8-13(18-6-5-17-8)11(16)7-9-3-2-4-10(14)12(9)15/h2-4,8,11,13H,5-7,16H2,1H3. The van der Waals surface area contributed by atoms with Crippen LogP contribution in [0.2, 0.25) is 10.0 Å². The fraction of sp³-hybridized carbons (Fsp3) is 0.538. The van der Waals surface area contributed by atoms with Crippen LogP contribution in [0.25, 0.3) is 0 Å². The predicted octanol–water partition coefficient (Wildman–Crippen LogP) is 4.10. The van der Waals surface area contributed by atoms with Crippen LogP contribution < -0.4 is 5.73 Å². The van der Waals surface area contributed by atoms with Crippen LogP contribution in [0.15, 0.2) is 18.2 Å². The number of benzene rings is 1. The molecule has 1 aliphatic heterocycles. The second-order valence-electron chi connectivity index (χ2n) is 4.49. The van der Waals surface area contributed by atoms with Gasteiger partial charge in [0.1, 0.15) is 0 Å². The first kappa shape index (κ1) is 14.9. The Kier molecular flexibility index (Phi) is 5.58. The molecule has 1 aliphatic rings. The van der Waals surface area contributed by atoms with Gasteiger partial charge in [-0.2, -0.15) is 23.5 Å². The number of nitrogens with two attached hydrogens (primary N) is 1. The van der Waals surface area contributed by atoms with E-state index in [0.29, 0.717) is 20.5 Å². The van der Waals surface area contributed by atoms with Crippen molar-refractivity contribution < 1.29 is 0 Å². The Morgan fingerprint density at radius 2 is 2.06 bits per heavy atom. The molecule has 1 heterocycles. The van der Waals surface area contributed by atoms with Crippen LogP contribution in [0.1, 0.15) is 12.5 Å². The molecule has 18 heavy (non-hydrogen) atoms. The van der Waals surface area contributed by atoms with Gasteiger partial charge in [0.05, 0.1) is 10.0 Å². The Morgan fingerprint density at radius 1 is 1.33 bits per heavy atom. The van der Waals surface area contributed by atoms with Crippen LogP contribution in [-0.2, 0) is 6.42 Å². The van der Waals surface area contributed by atoms with Crippen molar-refractivity contribution >= 4 is 46.7 Å². The van der Waals surface area contributed by atoms with Crippen molar-refractivity contribution in [1.82, 2.24) is 0 Å². The maximum Gasteiger partial charge on any atom is 0.0624 e. The summed E-state index contributed by atoms with van der Waals surface area (Å²) in [5.74, 6) is 2.42. The molecule has 0 aliphatic carbocycles. The maximum absolute atomic E-state index is 6.35. The summed E-state index contributed by atoms with van der Waals surface area (Å²) in [6, 6.07) is 5.89. The van der Waals surface area contributed by atoms with Gasteiger partial charge in [0.15, 0.2) is 0 Å². The fourth-order valence-corrected chi connectivity index (χ4v) is 5.48. The first-order valence-corrected chi connectivity index (χ1v) is 8.86. The number of halogens is 2. The zero-order chi connectivity index (χ0) is 13.1. The van der Waals surface area contributed by atoms with Crippen molar-refractivity contribution in [2.45, 2.75) is 29.9 Å². The number of hydrogen-bond acceptors (Lipinski definition) is 3. The minimum Gasteiger partial charge on any atom is -0.326 e. The summed E-state index contributed by atoms with van der Waals surface area (Å²) in [6.45, 7) is 2.26. The average molecular weight is 322 g/mol. The van der Waals surface area contributed by atoms with Crippen LogP contribution >= 0.6 is 46.7 Å². The molecule has 1 nitrogen and oxygen atoms in total. The molecule has 1 fully saturated rings. The molecule has 2 N–H and O–H groups in total. The van der Waals surface area contributed by atoms with Gasteiger partial charge in [0, 0.05) is 28.0 Å².